The minimum Gasteiger partial charge on any atom is -0.393 e. The van der Waals surface area contributed by atoms with E-state index in [4.69, 9.17) is 0 Å². The summed E-state index contributed by atoms with van der Waals surface area (Å²) in [6.45, 7) is 12.8. The Morgan fingerprint density at radius 3 is 2.67 bits per heavy atom. The molecule has 3 N–H and O–H groups in total. The third-order valence-electron chi connectivity index (χ3n) is 8.44. The molecule has 0 saturated heterocycles. The van der Waals surface area contributed by atoms with E-state index < -0.39 is 17.8 Å². The predicted molar refractivity (Wildman–Crippen MR) is 124 cm³/mol. The molecule has 0 aromatic rings. The van der Waals surface area contributed by atoms with E-state index in [-0.39, 0.29) is 0 Å². The van der Waals surface area contributed by atoms with Crippen molar-refractivity contribution in [1.82, 2.24) is 0 Å². The van der Waals surface area contributed by atoms with Gasteiger partial charge < -0.3 is 15.3 Å². The van der Waals surface area contributed by atoms with Crippen LogP contribution in [0.2, 0.25) is 0 Å². The Balaban J connectivity index is 1.70. The molecular weight excluding hydrogens is 372 g/mol. The minimum absolute atomic E-state index is 0.374. The van der Waals surface area contributed by atoms with Crippen LogP contribution in [0.3, 0.4) is 0 Å². The largest absolute Gasteiger partial charge is 0.393 e. The summed E-state index contributed by atoms with van der Waals surface area (Å²) in [6.07, 6.45) is 13.9. The Kier molecular flexibility index (Phi) is 7.37. The molecule has 3 heteroatoms. The molecule has 1 unspecified atom stereocenters. The molecule has 3 rings (SSSR count). The number of aliphatic hydroxyl groups excluding tert-OH is 2. The zero-order chi connectivity index (χ0) is 22.1. The topological polar surface area (TPSA) is 60.7 Å². The van der Waals surface area contributed by atoms with E-state index in [1.54, 1.807) is 5.57 Å². The van der Waals surface area contributed by atoms with Crippen molar-refractivity contribution in [3.05, 3.63) is 35.5 Å². The molecule has 0 heterocycles. The van der Waals surface area contributed by atoms with E-state index in [9.17, 15) is 15.3 Å². The quantitative estimate of drug-likeness (QED) is 0.520. The lowest BCUT2D eigenvalue weighted by Crippen LogP contribution is -2.36. The molecule has 0 aromatic heterocycles. The summed E-state index contributed by atoms with van der Waals surface area (Å²) >= 11 is 0. The fourth-order valence-electron chi connectivity index (χ4n) is 6.74. The van der Waals surface area contributed by atoms with Gasteiger partial charge in [0.1, 0.15) is 0 Å². The maximum atomic E-state index is 10.1. The van der Waals surface area contributed by atoms with Crippen molar-refractivity contribution in [2.75, 3.05) is 0 Å². The van der Waals surface area contributed by atoms with Crippen LogP contribution in [0.5, 0.6) is 0 Å². The molecule has 3 fully saturated rings. The lowest BCUT2D eigenvalue weighted by Gasteiger charge is -2.44. The van der Waals surface area contributed by atoms with Crippen LogP contribution < -0.4 is 0 Å². The first-order chi connectivity index (χ1) is 14.0. The molecule has 3 saturated carbocycles. The van der Waals surface area contributed by atoms with Gasteiger partial charge in [-0.3, -0.25) is 0 Å². The van der Waals surface area contributed by atoms with Crippen LogP contribution >= 0.6 is 0 Å². The van der Waals surface area contributed by atoms with Gasteiger partial charge in [-0.1, -0.05) is 51.0 Å². The second-order valence-corrected chi connectivity index (χ2v) is 11.3. The highest BCUT2D eigenvalue weighted by molar-refractivity contribution is 5.38. The van der Waals surface area contributed by atoms with Crippen molar-refractivity contribution >= 4 is 0 Å². The molecule has 6 atom stereocenters. The third kappa shape index (κ3) is 5.29. The molecule has 0 spiro atoms. The molecule has 0 aliphatic heterocycles. The summed E-state index contributed by atoms with van der Waals surface area (Å²) in [5.41, 5.74) is 3.17. The van der Waals surface area contributed by atoms with E-state index in [2.05, 4.69) is 32.6 Å². The molecule has 3 nitrogen and oxygen atoms in total. The summed E-state index contributed by atoms with van der Waals surface area (Å²) in [6, 6.07) is 0. The van der Waals surface area contributed by atoms with Crippen LogP contribution in [0.25, 0.3) is 0 Å². The van der Waals surface area contributed by atoms with Crippen molar-refractivity contribution < 1.29 is 15.3 Å². The molecular formula is C27H44O3. The Hall–Kier alpha value is -0.900. The summed E-state index contributed by atoms with van der Waals surface area (Å²) in [5.74, 6) is 2.11. The van der Waals surface area contributed by atoms with Gasteiger partial charge >= 0.3 is 0 Å². The molecule has 30 heavy (non-hydrogen) atoms. The van der Waals surface area contributed by atoms with Gasteiger partial charge in [0.25, 0.3) is 0 Å². The van der Waals surface area contributed by atoms with E-state index in [1.165, 1.54) is 38.5 Å². The van der Waals surface area contributed by atoms with Crippen LogP contribution in [0, 0.1) is 23.2 Å². The number of rotatable bonds is 6. The average molecular weight is 417 g/mol. The highest BCUT2D eigenvalue weighted by atomic mass is 16.3. The first-order valence-corrected chi connectivity index (χ1v) is 12.2. The van der Waals surface area contributed by atoms with Crippen molar-refractivity contribution in [3.8, 4) is 0 Å². The van der Waals surface area contributed by atoms with Gasteiger partial charge in [0.05, 0.1) is 17.8 Å². The Morgan fingerprint density at radius 2 is 1.97 bits per heavy atom. The fourth-order valence-corrected chi connectivity index (χ4v) is 6.74. The van der Waals surface area contributed by atoms with Gasteiger partial charge in [0.15, 0.2) is 0 Å². The number of fused-ring (bicyclic) bond motifs is 1. The molecule has 170 valence electrons. The Labute approximate surface area is 184 Å². The van der Waals surface area contributed by atoms with Crippen molar-refractivity contribution in [2.24, 2.45) is 23.2 Å². The Morgan fingerprint density at radius 1 is 1.23 bits per heavy atom. The summed E-state index contributed by atoms with van der Waals surface area (Å²) in [5, 5.41) is 30.2. The third-order valence-corrected chi connectivity index (χ3v) is 8.44. The standard InChI is InChI=1S/C27H44O3/c1-18(8-6-14-26(3,4)30)23-12-13-24-20(9-7-15-27(23,24)5)10-11-21-16-22(28)17-25(29)19(21)2/h10-11,18,22-25,28-30H,2,6-9,12-17H2,1,3-5H3/b20-10+,21-11-/t18-,22-,23-,24+,25+,27?/m1/s1. The van der Waals surface area contributed by atoms with Crippen LogP contribution in [0.4, 0.5) is 0 Å². The molecule has 0 radical (unpaired) electrons. The molecule has 3 aliphatic rings. The van der Waals surface area contributed by atoms with E-state index in [1.807, 2.05) is 13.8 Å². The monoisotopic (exact) mass is 416 g/mol. The van der Waals surface area contributed by atoms with Gasteiger partial charge in [-0.25, -0.2) is 0 Å². The van der Waals surface area contributed by atoms with Gasteiger partial charge in [-0.05, 0) is 93.1 Å². The lowest BCUT2D eigenvalue weighted by molar-refractivity contribution is 0.0596. The van der Waals surface area contributed by atoms with Crippen molar-refractivity contribution in [3.63, 3.8) is 0 Å². The SMILES string of the molecule is C=C1/C(=C\C=C2/CCCC3(C)[C@@H]([C@H](C)CCCC(C)(C)O)CC[C@@H]23)C[C@@H](O)C[C@@H]1O. The van der Waals surface area contributed by atoms with Crippen molar-refractivity contribution in [2.45, 2.75) is 110 Å². The van der Waals surface area contributed by atoms with E-state index >= 15 is 0 Å². The van der Waals surface area contributed by atoms with Crippen LogP contribution in [0.1, 0.15) is 91.9 Å². The zero-order valence-electron chi connectivity index (χ0n) is 19.7. The summed E-state index contributed by atoms with van der Waals surface area (Å²) in [7, 11) is 0. The molecule has 3 aliphatic carbocycles. The maximum Gasteiger partial charge on any atom is 0.0811 e. The second-order valence-electron chi connectivity index (χ2n) is 11.3. The van der Waals surface area contributed by atoms with Crippen LogP contribution in [-0.2, 0) is 0 Å². The van der Waals surface area contributed by atoms with Gasteiger partial charge in [-0.15, -0.1) is 0 Å². The van der Waals surface area contributed by atoms with Gasteiger partial charge in [-0.2, -0.15) is 0 Å². The molecule has 0 amide bonds. The minimum atomic E-state index is -0.615. The van der Waals surface area contributed by atoms with Crippen LogP contribution in [0.15, 0.2) is 35.5 Å². The van der Waals surface area contributed by atoms with Gasteiger partial charge in [0.2, 0.25) is 0 Å². The number of allylic oxidation sites excluding steroid dienone is 3. The highest BCUT2D eigenvalue weighted by Gasteiger charge is 2.50. The molecule has 0 bridgehead atoms. The highest BCUT2D eigenvalue weighted by Crippen LogP contribution is 2.60. The normalized spacial score (nSPS) is 38.8. The average Bonchev–Trinajstić information content (AvgIpc) is 3.00. The maximum absolute atomic E-state index is 10.1. The lowest BCUT2D eigenvalue weighted by atomic mass is 9.60. The molecule has 0 aromatic carbocycles. The first kappa shape index (κ1) is 23.8. The van der Waals surface area contributed by atoms with Crippen molar-refractivity contribution in [1.29, 1.82) is 0 Å². The number of aliphatic hydroxyl groups is 3. The number of hydrogen-bond donors (Lipinski definition) is 3. The summed E-state index contributed by atoms with van der Waals surface area (Å²) < 4.78 is 0. The fraction of sp³-hybridized carbons (Fsp3) is 0.778. The first-order valence-electron chi connectivity index (χ1n) is 12.2. The van der Waals surface area contributed by atoms with Gasteiger partial charge in [0, 0.05) is 6.42 Å². The van der Waals surface area contributed by atoms with E-state index in [0.717, 1.165) is 29.9 Å². The Bertz CT molecular complexity index is 683. The smallest absolute Gasteiger partial charge is 0.0811 e. The van der Waals surface area contributed by atoms with Crippen LogP contribution in [-0.4, -0.2) is 33.1 Å². The zero-order valence-corrected chi connectivity index (χ0v) is 19.7. The second kappa shape index (κ2) is 9.30. The van der Waals surface area contributed by atoms with E-state index in [0.29, 0.717) is 30.1 Å². The summed E-state index contributed by atoms with van der Waals surface area (Å²) in [4.78, 5) is 0. The number of hydrogen-bond acceptors (Lipinski definition) is 3. The predicted octanol–water partition coefficient (Wildman–Crippen LogP) is 5.70.